The fourth-order valence-corrected chi connectivity index (χ4v) is 3.39. The number of hydrogen-bond donors (Lipinski definition) is 3. The topological polar surface area (TPSA) is 142 Å². The maximum Gasteiger partial charge on any atom is 0.417 e. The van der Waals surface area contributed by atoms with Crippen molar-refractivity contribution in [2.24, 2.45) is 5.92 Å². The molecule has 0 bridgehead atoms. The van der Waals surface area contributed by atoms with E-state index in [9.17, 15) is 18.0 Å². The Morgan fingerprint density at radius 1 is 1.23 bits per heavy atom. The first-order chi connectivity index (χ1) is 14.7. The number of nitrogen functional groups attached to an aromatic ring is 1. The number of aromatic nitrogens is 4. The number of carbonyl (C=O) groups is 1. The van der Waals surface area contributed by atoms with Crippen molar-refractivity contribution in [2.75, 3.05) is 5.73 Å². The molecule has 1 fully saturated rings. The van der Waals surface area contributed by atoms with Crippen molar-refractivity contribution in [1.29, 1.82) is 5.26 Å². The summed E-state index contributed by atoms with van der Waals surface area (Å²) < 4.78 is 38.5. The maximum atomic E-state index is 12.8. The van der Waals surface area contributed by atoms with Crippen LogP contribution in [-0.4, -0.2) is 31.0 Å². The fraction of sp³-hybridized carbons (Fsp3) is 0.350. The van der Waals surface area contributed by atoms with Crippen LogP contribution in [0.25, 0.3) is 22.3 Å². The normalized spacial score (nSPS) is 14.5. The second-order valence-electron chi connectivity index (χ2n) is 7.10. The summed E-state index contributed by atoms with van der Waals surface area (Å²) >= 11 is 0. The molecule has 4 rings (SSSR count). The van der Waals surface area contributed by atoms with E-state index in [1.165, 1.54) is 18.8 Å². The summed E-state index contributed by atoms with van der Waals surface area (Å²) in [6, 6.07) is 2.84. The number of fused-ring (bicyclic) bond motifs is 1. The lowest BCUT2D eigenvalue weighted by Gasteiger charge is -2.16. The molecule has 3 aromatic heterocycles. The Hall–Kier alpha value is -3.68. The summed E-state index contributed by atoms with van der Waals surface area (Å²) in [5.74, 6) is -0.711. The zero-order valence-corrected chi connectivity index (χ0v) is 16.3. The van der Waals surface area contributed by atoms with Crippen LogP contribution in [0.3, 0.4) is 0 Å². The van der Waals surface area contributed by atoms with Gasteiger partial charge in [-0.1, -0.05) is 19.3 Å². The van der Waals surface area contributed by atoms with Crippen LogP contribution >= 0.6 is 0 Å². The van der Waals surface area contributed by atoms with Crippen LogP contribution in [-0.2, 0) is 11.0 Å². The van der Waals surface area contributed by atoms with E-state index in [-0.39, 0.29) is 34.2 Å². The first kappa shape index (κ1) is 22.0. The van der Waals surface area contributed by atoms with Crippen LogP contribution < -0.4 is 5.73 Å². The van der Waals surface area contributed by atoms with Crippen molar-refractivity contribution in [3.05, 3.63) is 35.8 Å². The molecule has 0 unspecified atom stereocenters. The van der Waals surface area contributed by atoms with Crippen LogP contribution in [0.5, 0.6) is 0 Å². The Kier molecular flexibility index (Phi) is 6.39. The van der Waals surface area contributed by atoms with E-state index in [4.69, 9.17) is 16.1 Å². The molecule has 4 N–H and O–H groups in total. The molecule has 0 aliphatic heterocycles. The van der Waals surface area contributed by atoms with E-state index < -0.39 is 17.7 Å². The number of carboxylic acids is 1. The highest BCUT2D eigenvalue weighted by Gasteiger charge is 2.31. The van der Waals surface area contributed by atoms with Crippen LogP contribution in [0.4, 0.5) is 19.1 Å². The van der Waals surface area contributed by atoms with Crippen molar-refractivity contribution in [3.63, 3.8) is 0 Å². The Morgan fingerprint density at radius 3 is 2.52 bits per heavy atom. The van der Waals surface area contributed by atoms with Gasteiger partial charge in [0.1, 0.15) is 11.7 Å². The lowest BCUT2D eigenvalue weighted by Crippen LogP contribution is -2.16. The molecule has 0 spiro atoms. The Morgan fingerprint density at radius 2 is 1.94 bits per heavy atom. The Labute approximate surface area is 175 Å². The molecule has 11 heteroatoms. The molecule has 1 saturated carbocycles. The summed E-state index contributed by atoms with van der Waals surface area (Å²) in [5.41, 5.74) is 5.42. The zero-order valence-electron chi connectivity index (χ0n) is 16.3. The van der Waals surface area contributed by atoms with E-state index in [1.807, 2.05) is 6.07 Å². The summed E-state index contributed by atoms with van der Waals surface area (Å²) in [4.78, 5) is 24.5. The molecule has 8 nitrogen and oxygen atoms in total. The van der Waals surface area contributed by atoms with Gasteiger partial charge >= 0.3 is 12.1 Å². The third-order valence-electron chi connectivity index (χ3n) is 5.00. The summed E-state index contributed by atoms with van der Waals surface area (Å²) in [7, 11) is 0. The van der Waals surface area contributed by atoms with Gasteiger partial charge in [-0.15, -0.1) is 0 Å². The van der Waals surface area contributed by atoms with Crippen LogP contribution in [0.1, 0.15) is 43.2 Å². The van der Waals surface area contributed by atoms with Crippen molar-refractivity contribution in [3.8, 4) is 17.3 Å². The summed E-state index contributed by atoms with van der Waals surface area (Å²) in [6.07, 6.45) is 4.11. The van der Waals surface area contributed by atoms with Gasteiger partial charge in [0.05, 0.1) is 28.9 Å². The number of nitriles is 1. The zero-order chi connectivity index (χ0) is 22.6. The molecule has 0 atom stereocenters. The number of carboxylic acid groups (broad SMARTS) is 1. The van der Waals surface area contributed by atoms with Crippen molar-refractivity contribution in [2.45, 2.75) is 38.3 Å². The number of H-pyrrole nitrogens is 1. The number of hydrogen-bond acceptors (Lipinski definition) is 6. The first-order valence-electron chi connectivity index (χ1n) is 9.51. The standard InChI is InChI=1S/C13H7F3N6.C7H12O2/c14-13(15,16)7-1-8-9(5-20-11(8)19-4-7)10-6(2-17)3-21-12(18)22-10;8-7(9)6-4-2-1-3-5-6/h1,3-5H,(H,19,20)(H2,18,21,22);6H,1-5H2,(H,8,9). The van der Waals surface area contributed by atoms with E-state index in [2.05, 4.69) is 19.9 Å². The predicted molar refractivity (Wildman–Crippen MR) is 105 cm³/mol. The number of nitrogens with one attached hydrogen (secondary N) is 1. The fourth-order valence-electron chi connectivity index (χ4n) is 3.39. The monoisotopic (exact) mass is 432 g/mol. The average Bonchev–Trinajstić information content (AvgIpc) is 3.17. The van der Waals surface area contributed by atoms with E-state index in [0.717, 1.165) is 37.9 Å². The van der Waals surface area contributed by atoms with Gasteiger partial charge in [-0.2, -0.15) is 18.4 Å². The number of alkyl halides is 3. The van der Waals surface area contributed by atoms with Gasteiger partial charge in [0.25, 0.3) is 0 Å². The lowest BCUT2D eigenvalue weighted by atomic mass is 9.90. The number of pyridine rings is 1. The summed E-state index contributed by atoms with van der Waals surface area (Å²) in [5, 5.41) is 17.8. The van der Waals surface area contributed by atoms with Crippen LogP contribution in [0, 0.1) is 17.2 Å². The first-order valence-corrected chi connectivity index (χ1v) is 9.51. The third-order valence-corrected chi connectivity index (χ3v) is 5.00. The van der Waals surface area contributed by atoms with Crippen LogP contribution in [0.15, 0.2) is 24.7 Å². The molecular weight excluding hydrogens is 413 g/mol. The van der Waals surface area contributed by atoms with Gasteiger partial charge in [-0.25, -0.2) is 15.0 Å². The largest absolute Gasteiger partial charge is 0.481 e. The molecule has 1 aliphatic carbocycles. The second kappa shape index (κ2) is 8.99. The quantitative estimate of drug-likeness (QED) is 0.552. The molecule has 1 aliphatic rings. The minimum Gasteiger partial charge on any atom is -0.481 e. The van der Waals surface area contributed by atoms with Gasteiger partial charge < -0.3 is 15.8 Å². The number of aromatic amines is 1. The number of nitrogens with zero attached hydrogens (tertiary/aromatic N) is 4. The molecule has 0 aromatic carbocycles. The third kappa shape index (κ3) is 5.09. The number of anilines is 1. The molecule has 3 heterocycles. The number of rotatable bonds is 2. The highest BCUT2D eigenvalue weighted by molar-refractivity contribution is 5.94. The van der Waals surface area contributed by atoms with Crippen molar-refractivity contribution >= 4 is 23.0 Å². The maximum absolute atomic E-state index is 12.8. The van der Waals surface area contributed by atoms with Crippen molar-refractivity contribution in [1.82, 2.24) is 19.9 Å². The number of aliphatic carboxylic acids is 1. The van der Waals surface area contributed by atoms with E-state index in [0.29, 0.717) is 5.56 Å². The molecule has 0 saturated heterocycles. The van der Waals surface area contributed by atoms with Gasteiger partial charge in [-0.3, -0.25) is 4.79 Å². The molecular formula is C20H19F3N6O2. The van der Waals surface area contributed by atoms with Crippen molar-refractivity contribution < 1.29 is 23.1 Å². The predicted octanol–water partition coefficient (Wildman–Crippen LogP) is 4.14. The van der Waals surface area contributed by atoms with Gasteiger partial charge in [0, 0.05) is 23.3 Å². The molecule has 31 heavy (non-hydrogen) atoms. The molecule has 3 aromatic rings. The van der Waals surface area contributed by atoms with Crippen LogP contribution in [0.2, 0.25) is 0 Å². The highest BCUT2D eigenvalue weighted by Crippen LogP contribution is 2.34. The second-order valence-corrected chi connectivity index (χ2v) is 7.10. The number of halogens is 3. The minimum absolute atomic E-state index is 0.0289. The Balaban J connectivity index is 0.000000254. The Bertz CT molecular complexity index is 1130. The SMILES string of the molecule is N#Cc1cnc(N)nc1-c1c[nH]c2ncc(C(F)(F)F)cc12.O=C(O)C1CCCCC1. The molecule has 0 amide bonds. The average molecular weight is 432 g/mol. The lowest BCUT2D eigenvalue weighted by molar-refractivity contribution is -0.142. The van der Waals surface area contributed by atoms with E-state index >= 15 is 0 Å². The van der Waals surface area contributed by atoms with Gasteiger partial charge in [0.2, 0.25) is 5.95 Å². The smallest absolute Gasteiger partial charge is 0.417 e. The van der Waals surface area contributed by atoms with Gasteiger partial charge in [-0.05, 0) is 18.9 Å². The van der Waals surface area contributed by atoms with E-state index in [1.54, 1.807) is 0 Å². The van der Waals surface area contributed by atoms with Gasteiger partial charge in [0.15, 0.2) is 0 Å². The summed E-state index contributed by atoms with van der Waals surface area (Å²) in [6.45, 7) is 0. The molecule has 162 valence electrons. The molecule has 0 radical (unpaired) electrons. The highest BCUT2D eigenvalue weighted by atomic mass is 19.4. The minimum atomic E-state index is -4.52. The number of nitrogens with two attached hydrogens (primary N) is 1.